The maximum Gasteiger partial charge on any atom is 0.361 e. The van der Waals surface area contributed by atoms with Crippen molar-refractivity contribution in [2.24, 2.45) is 0 Å². The number of esters is 2. The first-order chi connectivity index (χ1) is 40.6. The van der Waals surface area contributed by atoms with Crippen LogP contribution in [0.15, 0.2) is 97.2 Å². The van der Waals surface area contributed by atoms with Crippen molar-refractivity contribution in [3.05, 3.63) is 97.2 Å². The zero-order valence-electron chi connectivity index (χ0n) is 54.6. The Balaban J connectivity index is 4.14. The van der Waals surface area contributed by atoms with Crippen molar-refractivity contribution in [3.8, 4) is 0 Å². The van der Waals surface area contributed by atoms with Crippen LogP contribution < -0.4 is 0 Å². The zero-order chi connectivity index (χ0) is 60.5. The number of likely N-dealkylation sites (N-methyl/N-ethyl adjacent to an activating group) is 1. The number of aliphatic carboxylic acids is 1. The standard InChI is InChI=1S/C74H129NO8/c1-6-8-10-12-14-16-18-20-22-24-26-28-30-32-34-35-36-37-39-41-43-45-47-49-51-53-55-57-59-61-63-65-72(77)83-70(69-82-74(73(78)79)80-67-66-75(3,4)5)68-81-71(76)64-62-60-58-56-54-52-50-48-46-44-42-40-38-33-31-29-27-25-23-21-19-17-15-13-11-9-7-2/h8,10,14,16,19-22,25-28,32,34,36-37,70,74H,6-7,9,11-13,15,17-18,23-24,29-31,33,35,38-69H2,1-5H3/p+1/b10-8-,16-14-,21-19-,22-20-,27-25-,28-26-,34-32-,37-36-. The van der Waals surface area contributed by atoms with Crippen molar-refractivity contribution < 1.29 is 42.9 Å². The molecular weight excluding hydrogens is 1030 g/mol. The molecule has 0 heterocycles. The first-order valence-corrected chi connectivity index (χ1v) is 34.4. The first-order valence-electron chi connectivity index (χ1n) is 34.4. The van der Waals surface area contributed by atoms with E-state index in [-0.39, 0.29) is 32.2 Å². The number of quaternary nitrogens is 1. The number of rotatable bonds is 63. The van der Waals surface area contributed by atoms with Crippen LogP contribution in [-0.2, 0) is 33.3 Å². The molecule has 0 aromatic carbocycles. The summed E-state index contributed by atoms with van der Waals surface area (Å²) >= 11 is 0. The van der Waals surface area contributed by atoms with E-state index in [0.29, 0.717) is 23.9 Å². The van der Waals surface area contributed by atoms with Gasteiger partial charge in [-0.15, -0.1) is 0 Å². The topological polar surface area (TPSA) is 108 Å². The zero-order valence-corrected chi connectivity index (χ0v) is 54.6. The smallest absolute Gasteiger partial charge is 0.361 e. The number of nitrogens with zero attached hydrogens (tertiary/aromatic N) is 1. The molecule has 0 aliphatic carbocycles. The summed E-state index contributed by atoms with van der Waals surface area (Å²) in [5.74, 6) is -2.00. The molecule has 0 fully saturated rings. The highest BCUT2D eigenvalue weighted by Crippen LogP contribution is 2.17. The fourth-order valence-corrected chi connectivity index (χ4v) is 9.58. The van der Waals surface area contributed by atoms with Gasteiger partial charge in [-0.3, -0.25) is 9.59 Å². The van der Waals surface area contributed by atoms with Crippen LogP contribution in [0.2, 0.25) is 0 Å². The van der Waals surface area contributed by atoms with Gasteiger partial charge in [0.2, 0.25) is 0 Å². The first kappa shape index (κ1) is 79.2. The highest BCUT2D eigenvalue weighted by atomic mass is 16.7. The molecule has 0 aromatic rings. The Hall–Kier alpha value is -3.79. The molecule has 9 nitrogen and oxygen atoms in total. The van der Waals surface area contributed by atoms with Gasteiger partial charge in [0.15, 0.2) is 6.10 Å². The van der Waals surface area contributed by atoms with E-state index >= 15 is 0 Å². The van der Waals surface area contributed by atoms with Gasteiger partial charge in [0, 0.05) is 12.8 Å². The minimum Gasteiger partial charge on any atom is -0.477 e. The largest absolute Gasteiger partial charge is 0.477 e. The predicted octanol–water partition coefficient (Wildman–Crippen LogP) is 21.2. The lowest BCUT2D eigenvalue weighted by atomic mass is 10.0. The monoisotopic (exact) mass is 1160 g/mol. The van der Waals surface area contributed by atoms with Crippen LogP contribution in [0, 0.1) is 0 Å². The van der Waals surface area contributed by atoms with Crippen molar-refractivity contribution in [2.45, 2.75) is 309 Å². The van der Waals surface area contributed by atoms with E-state index in [0.717, 1.165) is 83.5 Å². The Kier molecular flexibility index (Phi) is 61.3. The van der Waals surface area contributed by atoms with E-state index in [2.05, 4.69) is 111 Å². The summed E-state index contributed by atoms with van der Waals surface area (Å²) in [7, 11) is 5.98. The molecule has 2 unspecified atom stereocenters. The van der Waals surface area contributed by atoms with Crippen molar-refractivity contribution in [1.29, 1.82) is 0 Å². The van der Waals surface area contributed by atoms with Gasteiger partial charge in [0.05, 0.1) is 34.4 Å². The van der Waals surface area contributed by atoms with Crippen molar-refractivity contribution in [3.63, 3.8) is 0 Å². The molecule has 0 saturated carbocycles. The molecule has 0 saturated heterocycles. The summed E-state index contributed by atoms with van der Waals surface area (Å²) in [4.78, 5) is 37.6. The van der Waals surface area contributed by atoms with Gasteiger partial charge < -0.3 is 28.5 Å². The molecular formula is C74H130NO8+. The van der Waals surface area contributed by atoms with Crippen LogP contribution >= 0.6 is 0 Å². The number of hydrogen-bond donors (Lipinski definition) is 1. The molecule has 0 aliphatic heterocycles. The molecule has 0 aliphatic rings. The summed E-state index contributed by atoms with van der Waals surface area (Å²) < 4.78 is 23.0. The maximum atomic E-state index is 12.9. The van der Waals surface area contributed by atoms with Crippen LogP contribution in [0.4, 0.5) is 0 Å². The molecule has 83 heavy (non-hydrogen) atoms. The Labute approximate surface area is 512 Å². The summed E-state index contributed by atoms with van der Waals surface area (Å²) in [5, 5.41) is 9.74. The molecule has 9 heteroatoms. The van der Waals surface area contributed by atoms with Crippen LogP contribution in [-0.4, -0.2) is 87.4 Å². The third-order valence-corrected chi connectivity index (χ3v) is 14.8. The van der Waals surface area contributed by atoms with E-state index in [9.17, 15) is 19.5 Å². The Bertz CT molecular complexity index is 1680. The van der Waals surface area contributed by atoms with E-state index < -0.39 is 24.3 Å². The van der Waals surface area contributed by atoms with Crippen molar-refractivity contribution >= 4 is 17.9 Å². The predicted molar refractivity (Wildman–Crippen MR) is 355 cm³/mol. The van der Waals surface area contributed by atoms with Crippen LogP contribution in [0.25, 0.3) is 0 Å². The Morgan fingerprint density at radius 1 is 0.373 bits per heavy atom. The van der Waals surface area contributed by atoms with E-state index in [1.807, 2.05) is 21.1 Å². The van der Waals surface area contributed by atoms with Gasteiger partial charge >= 0.3 is 17.9 Å². The second kappa shape index (κ2) is 64.2. The highest BCUT2D eigenvalue weighted by molar-refractivity contribution is 5.71. The summed E-state index contributed by atoms with van der Waals surface area (Å²) in [6, 6.07) is 0. The maximum absolute atomic E-state index is 12.9. The number of allylic oxidation sites excluding steroid dienone is 16. The number of carbonyl (C=O) groups is 3. The minimum absolute atomic E-state index is 0.185. The number of hydrogen-bond acceptors (Lipinski definition) is 7. The number of carbonyl (C=O) groups excluding carboxylic acids is 2. The van der Waals surface area contributed by atoms with E-state index in [1.165, 1.54) is 180 Å². The van der Waals surface area contributed by atoms with Gasteiger partial charge in [0.1, 0.15) is 13.2 Å². The molecule has 2 atom stereocenters. The van der Waals surface area contributed by atoms with Gasteiger partial charge in [-0.25, -0.2) is 4.79 Å². The fourth-order valence-electron chi connectivity index (χ4n) is 9.58. The van der Waals surface area contributed by atoms with Crippen LogP contribution in [0.1, 0.15) is 296 Å². The quantitative estimate of drug-likeness (QED) is 0.0211. The second-order valence-electron chi connectivity index (χ2n) is 24.1. The van der Waals surface area contributed by atoms with Crippen LogP contribution in [0.5, 0.6) is 0 Å². The lowest BCUT2D eigenvalue weighted by molar-refractivity contribution is -0.870. The fraction of sp³-hybridized carbons (Fsp3) is 0.743. The molecule has 0 bridgehead atoms. The minimum atomic E-state index is -1.52. The third kappa shape index (κ3) is 65.6. The summed E-state index contributed by atoms with van der Waals surface area (Å²) in [6.45, 7) is 4.78. The number of carboxylic acid groups (broad SMARTS) is 1. The average Bonchev–Trinajstić information content (AvgIpc) is 3.46. The molecule has 0 radical (unpaired) electrons. The third-order valence-electron chi connectivity index (χ3n) is 14.8. The molecule has 0 spiro atoms. The number of ether oxygens (including phenoxy) is 4. The van der Waals surface area contributed by atoms with E-state index in [4.69, 9.17) is 18.9 Å². The van der Waals surface area contributed by atoms with Gasteiger partial charge in [-0.1, -0.05) is 284 Å². The molecule has 478 valence electrons. The van der Waals surface area contributed by atoms with E-state index in [1.54, 1.807) is 0 Å². The molecule has 1 N–H and O–H groups in total. The van der Waals surface area contributed by atoms with Gasteiger partial charge in [-0.2, -0.15) is 0 Å². The second-order valence-corrected chi connectivity index (χ2v) is 24.1. The summed E-state index contributed by atoms with van der Waals surface area (Å²) in [5.41, 5.74) is 0. The Morgan fingerprint density at radius 2 is 0.687 bits per heavy atom. The molecule has 0 amide bonds. The SMILES string of the molecule is CC/C=C\C/C=C\C/C=C\C/C=C\C/C=C\C/C=C\CCCCCCCCCCCCCCC(=O)OC(COC(=O)CCCCCCCCCCCCCCCCC/C=C\C/C=C\CCCCCCC)COC(OCC[N+](C)(C)C)C(=O)O. The molecule has 0 rings (SSSR count). The number of unbranched alkanes of at least 4 members (excludes halogenated alkanes) is 32. The van der Waals surface area contributed by atoms with Gasteiger partial charge in [0.25, 0.3) is 6.29 Å². The lowest BCUT2D eigenvalue weighted by Crippen LogP contribution is -2.40. The van der Waals surface area contributed by atoms with Crippen molar-refractivity contribution in [2.75, 3.05) is 47.5 Å². The van der Waals surface area contributed by atoms with Gasteiger partial charge in [-0.05, 0) is 96.3 Å². The number of carboxylic acids is 1. The normalized spacial score (nSPS) is 13.3. The highest BCUT2D eigenvalue weighted by Gasteiger charge is 2.25. The summed E-state index contributed by atoms with van der Waals surface area (Å²) in [6.07, 6.45) is 85.1. The van der Waals surface area contributed by atoms with Crippen LogP contribution in [0.3, 0.4) is 0 Å². The lowest BCUT2D eigenvalue weighted by Gasteiger charge is -2.25. The molecule has 0 aromatic heterocycles. The van der Waals surface area contributed by atoms with Crippen molar-refractivity contribution in [1.82, 2.24) is 0 Å². The average molecular weight is 1160 g/mol. The Morgan fingerprint density at radius 3 is 1.02 bits per heavy atom.